The van der Waals surface area contributed by atoms with Crippen LogP contribution in [0, 0.1) is 5.82 Å². The van der Waals surface area contributed by atoms with Crippen molar-refractivity contribution in [1.29, 1.82) is 0 Å². The number of halogens is 2. The summed E-state index contributed by atoms with van der Waals surface area (Å²) < 4.78 is 13.4. The predicted octanol–water partition coefficient (Wildman–Crippen LogP) is 2.05. The lowest BCUT2D eigenvalue weighted by molar-refractivity contribution is -0.126. The Hall–Kier alpha value is -2.08. The number of carbonyl (C=O) groups is 2. The maximum absolute atomic E-state index is 13.4. The van der Waals surface area contributed by atoms with E-state index in [-0.39, 0.29) is 10.9 Å². The van der Waals surface area contributed by atoms with Crippen LogP contribution >= 0.6 is 11.6 Å². The molecule has 1 atom stereocenters. The van der Waals surface area contributed by atoms with Gasteiger partial charge in [0.15, 0.2) is 0 Å². The van der Waals surface area contributed by atoms with Crippen molar-refractivity contribution in [2.45, 2.75) is 12.5 Å². The number of likely N-dealkylation sites (N-methyl/N-ethyl adjacent to an activating group) is 1. The van der Waals surface area contributed by atoms with Crippen LogP contribution in [0.2, 0.25) is 5.02 Å². The molecule has 104 valence electrons. The standard InChI is InChI=1S/C13H11ClFN3O2/c1-18-12(19)9(17-13(18)20)4-6-5-16-11-7(6)2-3-8(15)10(11)14/h2-3,5,9,16H,4H2,1H3,(H,17,20)/t9-/m0/s1. The highest BCUT2D eigenvalue weighted by molar-refractivity contribution is 6.35. The number of rotatable bonds is 2. The minimum atomic E-state index is -0.602. The quantitative estimate of drug-likeness (QED) is 0.833. The third kappa shape index (κ3) is 1.84. The van der Waals surface area contributed by atoms with Gasteiger partial charge in [0.25, 0.3) is 5.91 Å². The molecule has 0 saturated carbocycles. The van der Waals surface area contributed by atoms with Gasteiger partial charge in [-0.2, -0.15) is 0 Å². The largest absolute Gasteiger partial charge is 0.360 e. The third-order valence-electron chi connectivity index (χ3n) is 3.49. The Balaban J connectivity index is 1.95. The first-order valence-electron chi connectivity index (χ1n) is 6.01. The number of amides is 3. The van der Waals surface area contributed by atoms with Crippen LogP contribution in [0.15, 0.2) is 18.3 Å². The van der Waals surface area contributed by atoms with Crippen LogP contribution in [0.3, 0.4) is 0 Å². The molecule has 7 heteroatoms. The van der Waals surface area contributed by atoms with Crippen LogP contribution in [0.4, 0.5) is 9.18 Å². The highest BCUT2D eigenvalue weighted by Crippen LogP contribution is 2.28. The van der Waals surface area contributed by atoms with E-state index >= 15 is 0 Å². The molecule has 5 nitrogen and oxygen atoms in total. The molecule has 0 unspecified atom stereocenters. The Morgan fingerprint density at radius 2 is 2.15 bits per heavy atom. The van der Waals surface area contributed by atoms with Crippen molar-refractivity contribution < 1.29 is 14.0 Å². The van der Waals surface area contributed by atoms with Gasteiger partial charge in [0.1, 0.15) is 16.9 Å². The molecular formula is C13H11ClFN3O2. The molecular weight excluding hydrogens is 285 g/mol. The summed E-state index contributed by atoms with van der Waals surface area (Å²) in [6.45, 7) is 0. The highest BCUT2D eigenvalue weighted by atomic mass is 35.5. The fourth-order valence-corrected chi connectivity index (χ4v) is 2.58. The number of urea groups is 1. The second-order valence-corrected chi connectivity index (χ2v) is 5.08. The number of carbonyl (C=O) groups excluding carboxylic acids is 2. The lowest BCUT2D eigenvalue weighted by atomic mass is 10.1. The molecule has 0 bridgehead atoms. The lowest BCUT2D eigenvalue weighted by Crippen LogP contribution is -2.31. The maximum atomic E-state index is 13.4. The van der Waals surface area contributed by atoms with Crippen LogP contribution in [-0.2, 0) is 11.2 Å². The van der Waals surface area contributed by atoms with Gasteiger partial charge in [0.2, 0.25) is 0 Å². The summed E-state index contributed by atoms with van der Waals surface area (Å²) in [4.78, 5) is 27.2. The fraction of sp³-hybridized carbons (Fsp3) is 0.231. The Labute approximate surface area is 118 Å². The first-order chi connectivity index (χ1) is 9.49. The molecule has 1 aromatic heterocycles. The minimum Gasteiger partial charge on any atom is -0.360 e. The smallest absolute Gasteiger partial charge is 0.324 e. The topological polar surface area (TPSA) is 65.2 Å². The number of fused-ring (bicyclic) bond motifs is 1. The van der Waals surface area contributed by atoms with Gasteiger partial charge in [-0.3, -0.25) is 9.69 Å². The number of imide groups is 1. The van der Waals surface area contributed by atoms with E-state index in [4.69, 9.17) is 11.6 Å². The molecule has 1 fully saturated rings. The normalized spacial score (nSPS) is 18.9. The second-order valence-electron chi connectivity index (χ2n) is 4.70. The van der Waals surface area contributed by atoms with Gasteiger partial charge >= 0.3 is 6.03 Å². The van der Waals surface area contributed by atoms with Crippen LogP contribution in [0.25, 0.3) is 10.9 Å². The summed E-state index contributed by atoms with van der Waals surface area (Å²) in [5.41, 5.74) is 1.29. The summed E-state index contributed by atoms with van der Waals surface area (Å²) in [5, 5.41) is 3.36. The Bertz CT molecular complexity index is 728. The van der Waals surface area contributed by atoms with Crippen molar-refractivity contribution >= 4 is 34.4 Å². The molecule has 2 N–H and O–H groups in total. The first-order valence-corrected chi connectivity index (χ1v) is 6.39. The van der Waals surface area contributed by atoms with Crippen molar-refractivity contribution in [3.63, 3.8) is 0 Å². The molecule has 2 aromatic rings. The molecule has 3 amide bonds. The monoisotopic (exact) mass is 295 g/mol. The summed E-state index contributed by atoms with van der Waals surface area (Å²) in [6.07, 6.45) is 2.00. The molecule has 1 aliphatic rings. The molecule has 0 spiro atoms. The Morgan fingerprint density at radius 3 is 2.80 bits per heavy atom. The van der Waals surface area contributed by atoms with E-state index in [0.29, 0.717) is 11.9 Å². The molecule has 2 heterocycles. The molecule has 3 rings (SSSR count). The van der Waals surface area contributed by atoms with Crippen LogP contribution < -0.4 is 5.32 Å². The Kier molecular flexibility index (Phi) is 2.90. The van der Waals surface area contributed by atoms with E-state index in [1.165, 1.54) is 13.1 Å². The highest BCUT2D eigenvalue weighted by Gasteiger charge is 2.35. The number of nitrogens with one attached hydrogen (secondary N) is 2. The van der Waals surface area contributed by atoms with Gasteiger partial charge in [0.05, 0.1) is 5.52 Å². The van der Waals surface area contributed by atoms with Gasteiger partial charge in [-0.25, -0.2) is 9.18 Å². The fourth-order valence-electron chi connectivity index (χ4n) is 2.36. The van der Waals surface area contributed by atoms with Crippen molar-refractivity contribution in [1.82, 2.24) is 15.2 Å². The number of hydrogen-bond donors (Lipinski definition) is 2. The van der Waals surface area contributed by atoms with Crippen molar-refractivity contribution in [3.8, 4) is 0 Å². The summed E-state index contributed by atoms with van der Waals surface area (Å²) in [7, 11) is 1.43. The number of benzene rings is 1. The van der Waals surface area contributed by atoms with Crippen molar-refractivity contribution in [2.75, 3.05) is 7.05 Å². The lowest BCUT2D eigenvalue weighted by Gasteiger charge is -2.07. The van der Waals surface area contributed by atoms with Gasteiger partial charge < -0.3 is 10.3 Å². The van der Waals surface area contributed by atoms with E-state index in [1.807, 2.05) is 0 Å². The zero-order valence-electron chi connectivity index (χ0n) is 10.5. The average Bonchev–Trinajstić information content (AvgIpc) is 2.93. The van der Waals surface area contributed by atoms with Gasteiger partial charge in [-0.05, 0) is 17.7 Å². The Morgan fingerprint density at radius 1 is 1.40 bits per heavy atom. The zero-order valence-corrected chi connectivity index (χ0v) is 11.3. The van der Waals surface area contributed by atoms with Gasteiger partial charge in [-0.1, -0.05) is 11.6 Å². The first kappa shape index (κ1) is 12.9. The molecule has 1 aromatic carbocycles. The number of aromatic amines is 1. The number of nitrogens with zero attached hydrogens (tertiary/aromatic N) is 1. The van der Waals surface area contributed by atoms with Crippen molar-refractivity contribution in [3.05, 3.63) is 34.7 Å². The van der Waals surface area contributed by atoms with Crippen LogP contribution in [0.5, 0.6) is 0 Å². The average molecular weight is 296 g/mol. The van der Waals surface area contributed by atoms with Gasteiger partial charge in [0, 0.05) is 25.1 Å². The van der Waals surface area contributed by atoms with Crippen LogP contribution in [0.1, 0.15) is 5.56 Å². The van der Waals surface area contributed by atoms with Gasteiger partial charge in [-0.15, -0.1) is 0 Å². The number of hydrogen-bond acceptors (Lipinski definition) is 2. The number of H-pyrrole nitrogens is 1. The molecule has 0 radical (unpaired) electrons. The summed E-state index contributed by atoms with van der Waals surface area (Å²) in [5.74, 6) is -0.782. The third-order valence-corrected chi connectivity index (χ3v) is 3.86. The van der Waals surface area contributed by atoms with E-state index < -0.39 is 17.9 Å². The summed E-state index contributed by atoms with van der Waals surface area (Å²) in [6, 6.07) is 1.87. The minimum absolute atomic E-state index is 0.0210. The summed E-state index contributed by atoms with van der Waals surface area (Å²) >= 11 is 5.88. The second kappa shape index (κ2) is 4.49. The van der Waals surface area contributed by atoms with E-state index in [1.54, 1.807) is 12.3 Å². The molecule has 20 heavy (non-hydrogen) atoms. The van der Waals surface area contributed by atoms with E-state index in [0.717, 1.165) is 15.8 Å². The molecule has 0 aliphatic carbocycles. The van der Waals surface area contributed by atoms with Crippen LogP contribution in [-0.4, -0.2) is 34.9 Å². The van der Waals surface area contributed by atoms with Crippen molar-refractivity contribution in [2.24, 2.45) is 0 Å². The van der Waals surface area contributed by atoms with E-state index in [2.05, 4.69) is 10.3 Å². The number of aromatic nitrogens is 1. The van der Waals surface area contributed by atoms with E-state index in [9.17, 15) is 14.0 Å². The molecule has 1 aliphatic heterocycles. The maximum Gasteiger partial charge on any atom is 0.324 e. The SMILES string of the molecule is CN1C(=O)N[C@@H](Cc2c[nH]c3c(Cl)c(F)ccc23)C1=O. The predicted molar refractivity (Wildman–Crippen MR) is 72.1 cm³/mol. The zero-order chi connectivity index (χ0) is 14.4. The molecule has 1 saturated heterocycles.